The molecular weight excluding hydrogens is 542 g/mol. The maximum Gasteiger partial charge on any atom is 0.270 e. The molecule has 3 heterocycles. The van der Waals surface area contributed by atoms with Crippen LogP contribution < -0.4 is 10.6 Å². The second kappa shape index (κ2) is 10.4. The van der Waals surface area contributed by atoms with Crippen LogP contribution >= 0.6 is 0 Å². The van der Waals surface area contributed by atoms with Crippen molar-refractivity contribution in [2.24, 2.45) is 24.8 Å². The molecule has 0 aromatic carbocycles. The van der Waals surface area contributed by atoms with Crippen molar-refractivity contribution in [3.05, 3.63) is 47.7 Å². The van der Waals surface area contributed by atoms with Crippen LogP contribution in [0, 0.1) is 17.8 Å². The first-order valence-electron chi connectivity index (χ1n) is 14.2. The number of amides is 2. The minimum Gasteiger partial charge on any atom is -0.349 e. The van der Waals surface area contributed by atoms with E-state index in [4.69, 9.17) is 4.98 Å². The minimum atomic E-state index is -2.72. The number of hydrogen-bond donors (Lipinski definition) is 2. The van der Waals surface area contributed by atoms with Gasteiger partial charge in [-0.3, -0.25) is 14.3 Å². The quantitative estimate of drug-likeness (QED) is 0.358. The number of fused-ring (bicyclic) bond motifs is 1. The summed E-state index contributed by atoms with van der Waals surface area (Å²) in [5, 5.41) is 14.6. The Labute approximate surface area is 234 Å². The third-order valence-electron chi connectivity index (χ3n) is 8.67. The molecule has 0 saturated heterocycles. The molecule has 3 saturated carbocycles. The monoisotopic (exact) mass is 575 g/mol. The number of imidazole rings is 1. The lowest BCUT2D eigenvalue weighted by Gasteiger charge is -2.34. The average molecular weight is 576 g/mol. The molecule has 3 aliphatic carbocycles. The largest absolute Gasteiger partial charge is 0.349 e. The van der Waals surface area contributed by atoms with Crippen LogP contribution in [0.2, 0.25) is 0 Å². The molecule has 6 rings (SSSR count). The van der Waals surface area contributed by atoms with E-state index >= 15 is 0 Å². The molecule has 2 amide bonds. The van der Waals surface area contributed by atoms with Crippen LogP contribution in [0.3, 0.4) is 0 Å². The molecule has 9 nitrogen and oxygen atoms in total. The lowest BCUT2D eigenvalue weighted by molar-refractivity contribution is -0.134. The zero-order chi connectivity index (χ0) is 28.9. The Morgan fingerprint density at radius 3 is 2.34 bits per heavy atom. The number of carbonyl (C=O) groups excluding carboxylic acids is 2. The Kier molecular flexibility index (Phi) is 7.01. The molecule has 3 aromatic heterocycles. The number of aromatic nitrogens is 5. The Morgan fingerprint density at radius 1 is 1.00 bits per heavy atom. The first-order valence-corrected chi connectivity index (χ1v) is 14.2. The first-order chi connectivity index (χ1) is 19.5. The van der Waals surface area contributed by atoms with Crippen molar-refractivity contribution in [3.8, 4) is 0 Å². The summed E-state index contributed by atoms with van der Waals surface area (Å²) < 4.78 is 57.4. The Hall–Kier alpha value is -3.51. The van der Waals surface area contributed by atoms with Gasteiger partial charge in [0.15, 0.2) is 5.65 Å². The van der Waals surface area contributed by atoms with Gasteiger partial charge in [-0.05, 0) is 61.1 Å². The number of nitrogens with zero attached hydrogens (tertiary/aromatic N) is 5. The summed E-state index contributed by atoms with van der Waals surface area (Å²) in [7, 11) is 1.65. The highest BCUT2D eigenvalue weighted by Gasteiger charge is 2.46. The number of hydrogen-bond acceptors (Lipinski definition) is 5. The standard InChI is InChI=1S/C28H33F4N7O2/c1-38-21(6-9-33-38)26(41)37-25(18-4-7-27(29,30)8-5-18)20-15-39-22(35-20)11-19(14-34-39)24(17-2-3-17)36-23(40)10-16-12-28(31,32)13-16/h6,9,11,14-18,24-25H,2-5,7-8,10,12-13H2,1H3,(H,36,40)(H,37,41)/t24-,25+/m1/s1. The smallest absolute Gasteiger partial charge is 0.270 e. The van der Waals surface area contributed by atoms with Crippen molar-refractivity contribution in [1.29, 1.82) is 0 Å². The average Bonchev–Trinajstić information content (AvgIpc) is 3.50. The third-order valence-corrected chi connectivity index (χ3v) is 8.67. The molecule has 3 aliphatic rings. The summed E-state index contributed by atoms with van der Waals surface area (Å²) in [4.78, 5) is 30.5. The van der Waals surface area contributed by atoms with Gasteiger partial charge in [0.1, 0.15) is 5.69 Å². The summed E-state index contributed by atoms with van der Waals surface area (Å²) in [5.41, 5.74) is 2.11. The molecule has 0 aliphatic heterocycles. The predicted molar refractivity (Wildman–Crippen MR) is 139 cm³/mol. The maximum absolute atomic E-state index is 14.0. The molecule has 2 N–H and O–H groups in total. The summed E-state index contributed by atoms with van der Waals surface area (Å²) >= 11 is 0. The molecular formula is C28H33F4N7O2. The van der Waals surface area contributed by atoms with Crippen LogP contribution in [-0.4, -0.2) is 48.0 Å². The van der Waals surface area contributed by atoms with Crippen LogP contribution in [0.4, 0.5) is 17.6 Å². The van der Waals surface area contributed by atoms with E-state index in [-0.39, 0.29) is 80.6 Å². The predicted octanol–water partition coefficient (Wildman–Crippen LogP) is 4.76. The summed E-state index contributed by atoms with van der Waals surface area (Å²) in [6, 6.07) is 2.49. The second-order valence-corrected chi connectivity index (χ2v) is 12.0. The number of rotatable bonds is 9. The van der Waals surface area contributed by atoms with Crippen molar-refractivity contribution in [2.75, 3.05) is 0 Å². The van der Waals surface area contributed by atoms with Crippen molar-refractivity contribution in [3.63, 3.8) is 0 Å². The lowest BCUT2D eigenvalue weighted by atomic mass is 9.79. The number of nitrogens with one attached hydrogen (secondary N) is 2. The minimum absolute atomic E-state index is 0.0699. The van der Waals surface area contributed by atoms with Crippen LogP contribution in [0.15, 0.2) is 30.7 Å². The van der Waals surface area contributed by atoms with Crippen LogP contribution in [-0.2, 0) is 11.8 Å². The fraction of sp³-hybridized carbons (Fsp3) is 0.607. The van der Waals surface area contributed by atoms with Gasteiger partial charge in [-0.1, -0.05) is 0 Å². The number of alkyl halides is 4. The molecule has 0 unspecified atom stereocenters. The molecule has 2 atom stereocenters. The van der Waals surface area contributed by atoms with Crippen molar-refractivity contribution in [2.45, 2.75) is 81.7 Å². The van der Waals surface area contributed by atoms with Crippen LogP contribution in [0.1, 0.15) is 91.6 Å². The number of halogens is 4. The van der Waals surface area contributed by atoms with E-state index in [0.717, 1.165) is 18.4 Å². The lowest BCUT2D eigenvalue weighted by Crippen LogP contribution is -2.39. The molecule has 13 heteroatoms. The molecule has 0 spiro atoms. The molecule has 220 valence electrons. The van der Waals surface area contributed by atoms with Gasteiger partial charge in [0.2, 0.25) is 17.8 Å². The van der Waals surface area contributed by atoms with E-state index in [1.165, 1.54) is 10.9 Å². The van der Waals surface area contributed by atoms with Gasteiger partial charge in [-0.25, -0.2) is 27.1 Å². The topological polar surface area (TPSA) is 106 Å². The van der Waals surface area contributed by atoms with Crippen LogP contribution in [0.25, 0.3) is 5.65 Å². The summed E-state index contributed by atoms with van der Waals surface area (Å²) in [6.07, 6.45) is 6.25. The Morgan fingerprint density at radius 2 is 1.71 bits per heavy atom. The summed E-state index contributed by atoms with van der Waals surface area (Å²) in [6.45, 7) is 0. The first kappa shape index (κ1) is 27.6. The molecule has 3 fully saturated rings. The van der Waals surface area contributed by atoms with E-state index in [2.05, 4.69) is 20.8 Å². The second-order valence-electron chi connectivity index (χ2n) is 12.0. The van der Waals surface area contributed by atoms with Crippen LogP contribution in [0.5, 0.6) is 0 Å². The molecule has 0 radical (unpaired) electrons. The number of carbonyl (C=O) groups is 2. The van der Waals surface area contributed by atoms with E-state index < -0.39 is 17.9 Å². The van der Waals surface area contributed by atoms with E-state index in [1.807, 2.05) is 6.07 Å². The van der Waals surface area contributed by atoms with Crippen molar-refractivity contribution in [1.82, 2.24) is 35.0 Å². The van der Waals surface area contributed by atoms with Gasteiger partial charge in [0.25, 0.3) is 5.91 Å². The zero-order valence-corrected chi connectivity index (χ0v) is 22.7. The van der Waals surface area contributed by atoms with Gasteiger partial charge in [-0.2, -0.15) is 10.2 Å². The van der Waals surface area contributed by atoms with E-state index in [1.54, 1.807) is 30.0 Å². The highest BCUT2D eigenvalue weighted by molar-refractivity contribution is 5.92. The van der Waals surface area contributed by atoms with Crippen molar-refractivity contribution >= 4 is 17.5 Å². The van der Waals surface area contributed by atoms with Gasteiger partial charge in [0, 0.05) is 45.3 Å². The Balaban J connectivity index is 1.23. The summed E-state index contributed by atoms with van der Waals surface area (Å²) in [5.74, 6) is -6.33. The van der Waals surface area contributed by atoms with Gasteiger partial charge in [-0.15, -0.1) is 0 Å². The number of aryl methyl sites for hydroxylation is 1. The normalized spacial score (nSPS) is 22.2. The molecule has 3 aromatic rings. The SMILES string of the molecule is Cn1nccc1C(=O)N[C@H](c1cn2ncc([C@H](NC(=O)CC3CC(F)(F)C3)C3CC3)cc2n1)C1CCC(F)(F)CC1. The van der Waals surface area contributed by atoms with Gasteiger partial charge in [0.05, 0.1) is 30.2 Å². The Bertz CT molecular complexity index is 1430. The molecule has 0 bridgehead atoms. The maximum atomic E-state index is 14.0. The highest BCUT2D eigenvalue weighted by Crippen LogP contribution is 2.45. The fourth-order valence-electron chi connectivity index (χ4n) is 6.20. The van der Waals surface area contributed by atoms with Gasteiger partial charge < -0.3 is 10.6 Å². The van der Waals surface area contributed by atoms with E-state index in [0.29, 0.717) is 17.0 Å². The highest BCUT2D eigenvalue weighted by atomic mass is 19.3. The molecule has 41 heavy (non-hydrogen) atoms. The third kappa shape index (κ3) is 6.08. The van der Waals surface area contributed by atoms with Gasteiger partial charge >= 0.3 is 0 Å². The fourth-order valence-corrected chi connectivity index (χ4v) is 6.20. The van der Waals surface area contributed by atoms with E-state index in [9.17, 15) is 27.2 Å². The zero-order valence-electron chi connectivity index (χ0n) is 22.7. The van der Waals surface area contributed by atoms with Crippen molar-refractivity contribution < 1.29 is 27.2 Å².